The molecule has 1 amide bonds. The zero-order valence-corrected chi connectivity index (χ0v) is 16.4. The Hall–Kier alpha value is -3.61. The minimum atomic E-state index is -0.658. The number of fused-ring (bicyclic) bond motifs is 1. The highest BCUT2D eigenvalue weighted by molar-refractivity contribution is 6.05. The third kappa shape index (κ3) is 4.29. The van der Waals surface area contributed by atoms with E-state index in [1.807, 2.05) is 0 Å². The summed E-state index contributed by atoms with van der Waals surface area (Å²) >= 11 is 0. The quantitative estimate of drug-likeness (QED) is 0.440. The van der Waals surface area contributed by atoms with Crippen LogP contribution in [-0.2, 0) is 14.3 Å². The second-order valence-electron chi connectivity index (χ2n) is 6.46. The highest BCUT2D eigenvalue weighted by Gasteiger charge is 2.27. The summed E-state index contributed by atoms with van der Waals surface area (Å²) in [7, 11) is 3.03. The number of para-hydroxylation sites is 1. The molecule has 7 heteroatoms. The van der Waals surface area contributed by atoms with Crippen LogP contribution >= 0.6 is 0 Å². The van der Waals surface area contributed by atoms with Crippen LogP contribution in [0, 0.1) is 0 Å². The molecule has 0 unspecified atom stereocenters. The Morgan fingerprint density at radius 3 is 2.66 bits per heavy atom. The number of carbonyl (C=O) groups excluding carboxylic acids is 3. The van der Waals surface area contributed by atoms with Crippen LogP contribution in [0.5, 0.6) is 11.5 Å². The zero-order valence-electron chi connectivity index (χ0n) is 16.4. The molecule has 0 aliphatic carbocycles. The van der Waals surface area contributed by atoms with Gasteiger partial charge in [-0.05, 0) is 42.8 Å². The van der Waals surface area contributed by atoms with Crippen molar-refractivity contribution in [1.29, 1.82) is 0 Å². The number of amides is 1. The molecule has 1 aliphatic heterocycles. The van der Waals surface area contributed by atoms with E-state index in [2.05, 4.69) is 5.32 Å². The molecule has 0 fully saturated rings. The molecular formula is C22H21NO6. The van der Waals surface area contributed by atoms with E-state index in [1.54, 1.807) is 43.3 Å². The Morgan fingerprint density at radius 2 is 1.93 bits per heavy atom. The molecule has 0 aromatic heterocycles. The highest BCUT2D eigenvalue weighted by atomic mass is 16.5. The van der Waals surface area contributed by atoms with Crippen LogP contribution in [0.2, 0.25) is 0 Å². The molecule has 3 rings (SSSR count). The molecule has 1 aliphatic rings. The monoisotopic (exact) mass is 395 g/mol. The van der Waals surface area contributed by atoms with Gasteiger partial charge in [0.2, 0.25) is 5.91 Å². The average Bonchev–Trinajstić information content (AvgIpc) is 3.03. The first-order chi connectivity index (χ1) is 13.9. The van der Waals surface area contributed by atoms with Crippen molar-refractivity contribution in [2.24, 2.45) is 0 Å². The number of anilines is 1. The van der Waals surface area contributed by atoms with Crippen molar-refractivity contribution in [2.75, 3.05) is 26.1 Å². The molecular weight excluding hydrogens is 374 g/mol. The maximum Gasteiger partial charge on any atom is 0.331 e. The first-order valence-corrected chi connectivity index (χ1v) is 8.98. The summed E-state index contributed by atoms with van der Waals surface area (Å²) in [6, 6.07) is 10.2. The van der Waals surface area contributed by atoms with Crippen LogP contribution in [0.15, 0.2) is 42.5 Å². The molecule has 2 aromatic rings. The number of hydrogen-bond donors (Lipinski definition) is 1. The summed E-state index contributed by atoms with van der Waals surface area (Å²) in [4.78, 5) is 36.1. The van der Waals surface area contributed by atoms with Gasteiger partial charge in [0.05, 0.1) is 20.1 Å². The van der Waals surface area contributed by atoms with Crippen LogP contribution in [-0.4, -0.2) is 38.5 Å². The largest absolute Gasteiger partial charge is 0.493 e. The summed E-state index contributed by atoms with van der Waals surface area (Å²) in [5.41, 5.74) is 2.49. The van der Waals surface area contributed by atoms with E-state index in [9.17, 15) is 14.4 Å². The Morgan fingerprint density at radius 1 is 1.14 bits per heavy atom. The van der Waals surface area contributed by atoms with Crippen LogP contribution in [0.25, 0.3) is 6.08 Å². The summed E-state index contributed by atoms with van der Waals surface area (Å²) in [5, 5.41) is 2.75. The van der Waals surface area contributed by atoms with Gasteiger partial charge in [-0.3, -0.25) is 9.59 Å². The normalized spacial score (nSPS) is 15.0. The van der Waals surface area contributed by atoms with Gasteiger partial charge in [-0.1, -0.05) is 12.1 Å². The van der Waals surface area contributed by atoms with Crippen LogP contribution in [0.1, 0.15) is 34.3 Å². The van der Waals surface area contributed by atoms with E-state index in [-0.39, 0.29) is 17.6 Å². The van der Waals surface area contributed by atoms with Crippen molar-refractivity contribution in [1.82, 2.24) is 0 Å². The van der Waals surface area contributed by atoms with Gasteiger partial charge in [0.15, 0.2) is 23.9 Å². The van der Waals surface area contributed by atoms with Gasteiger partial charge in [0.1, 0.15) is 0 Å². The molecule has 150 valence electrons. The van der Waals surface area contributed by atoms with Crippen molar-refractivity contribution < 1.29 is 28.6 Å². The fourth-order valence-corrected chi connectivity index (χ4v) is 3.06. The van der Waals surface area contributed by atoms with Gasteiger partial charge in [-0.2, -0.15) is 0 Å². The number of Topliss-reactive ketones (excluding diaryl/α,β-unsaturated/α-hetero) is 1. The number of carbonyl (C=O) groups is 3. The van der Waals surface area contributed by atoms with Crippen LogP contribution in [0.3, 0.4) is 0 Å². The summed E-state index contributed by atoms with van der Waals surface area (Å²) in [6.45, 7) is 1.38. The van der Waals surface area contributed by atoms with E-state index in [1.165, 1.54) is 26.4 Å². The fraction of sp³-hybridized carbons (Fsp3) is 0.227. The minimum Gasteiger partial charge on any atom is -0.493 e. The van der Waals surface area contributed by atoms with Crippen LogP contribution in [0.4, 0.5) is 5.69 Å². The van der Waals surface area contributed by atoms with Gasteiger partial charge in [-0.25, -0.2) is 4.79 Å². The second-order valence-corrected chi connectivity index (χ2v) is 6.46. The summed E-state index contributed by atoms with van der Waals surface area (Å²) in [6.07, 6.45) is 2.75. The van der Waals surface area contributed by atoms with Gasteiger partial charge < -0.3 is 19.5 Å². The fourth-order valence-electron chi connectivity index (χ4n) is 3.06. The van der Waals surface area contributed by atoms with E-state index >= 15 is 0 Å². The number of ketones is 1. The second kappa shape index (κ2) is 8.60. The molecule has 2 aromatic carbocycles. The molecule has 29 heavy (non-hydrogen) atoms. The van der Waals surface area contributed by atoms with Crippen molar-refractivity contribution >= 4 is 29.4 Å². The predicted octanol–water partition coefficient (Wildman–Crippen LogP) is 3.20. The van der Waals surface area contributed by atoms with E-state index in [0.29, 0.717) is 28.3 Å². The molecule has 1 atom stereocenters. The molecule has 0 radical (unpaired) electrons. The number of rotatable bonds is 7. The van der Waals surface area contributed by atoms with Crippen LogP contribution < -0.4 is 14.8 Å². The van der Waals surface area contributed by atoms with Gasteiger partial charge in [-0.15, -0.1) is 0 Å². The lowest BCUT2D eigenvalue weighted by Crippen LogP contribution is -2.13. The Bertz CT molecular complexity index is 995. The lowest BCUT2D eigenvalue weighted by molar-refractivity contribution is -0.136. The lowest BCUT2D eigenvalue weighted by atomic mass is 9.99. The van der Waals surface area contributed by atoms with Crippen molar-refractivity contribution in [3.05, 3.63) is 59.2 Å². The first-order valence-electron chi connectivity index (χ1n) is 8.98. The molecule has 0 bridgehead atoms. The van der Waals surface area contributed by atoms with Crippen molar-refractivity contribution in [3.63, 3.8) is 0 Å². The standard InChI is InChI=1S/C22H21NO6/c1-13-16-11-15(7-9-17(16)23-22(13)26)18(24)12-29-20(25)10-8-14-5-4-6-19(27-2)21(14)28-3/h4-11,13H,12H2,1-3H3,(H,23,26)/b10-8+/t13-/m0/s1. The first kappa shape index (κ1) is 20.1. The van der Waals surface area contributed by atoms with E-state index in [0.717, 1.165) is 5.56 Å². The Kier molecular flexibility index (Phi) is 5.97. The number of hydrogen-bond acceptors (Lipinski definition) is 6. The Labute approximate surface area is 168 Å². The minimum absolute atomic E-state index is 0.103. The van der Waals surface area contributed by atoms with E-state index < -0.39 is 12.6 Å². The molecule has 0 saturated heterocycles. The van der Waals surface area contributed by atoms with Gasteiger partial charge >= 0.3 is 5.97 Å². The third-order valence-electron chi connectivity index (χ3n) is 4.67. The molecule has 0 saturated carbocycles. The third-order valence-corrected chi connectivity index (χ3v) is 4.67. The van der Waals surface area contributed by atoms with Crippen molar-refractivity contribution in [3.8, 4) is 11.5 Å². The van der Waals surface area contributed by atoms with Crippen molar-refractivity contribution in [2.45, 2.75) is 12.8 Å². The lowest BCUT2D eigenvalue weighted by Gasteiger charge is -2.09. The number of nitrogens with one attached hydrogen (secondary N) is 1. The summed E-state index contributed by atoms with van der Waals surface area (Å²) < 4.78 is 15.6. The van der Waals surface area contributed by atoms with E-state index in [4.69, 9.17) is 14.2 Å². The summed E-state index contributed by atoms with van der Waals surface area (Å²) in [5.74, 6) is -0.396. The van der Waals surface area contributed by atoms with Gasteiger partial charge in [0.25, 0.3) is 0 Å². The van der Waals surface area contributed by atoms with Gasteiger partial charge in [0, 0.05) is 22.9 Å². The number of ether oxygens (including phenoxy) is 3. The average molecular weight is 395 g/mol. The maximum absolute atomic E-state index is 12.4. The molecule has 1 N–H and O–H groups in total. The molecule has 7 nitrogen and oxygen atoms in total. The highest BCUT2D eigenvalue weighted by Crippen LogP contribution is 2.33. The predicted molar refractivity (Wildman–Crippen MR) is 107 cm³/mol. The zero-order chi connectivity index (χ0) is 21.0. The SMILES string of the molecule is COc1cccc(/C=C/C(=O)OCC(=O)c2ccc3c(c2)[C@H](C)C(=O)N3)c1OC. The molecule has 1 heterocycles. The Balaban J connectivity index is 1.62. The molecule has 0 spiro atoms. The maximum atomic E-state index is 12.4. The number of esters is 1. The smallest absolute Gasteiger partial charge is 0.331 e. The topological polar surface area (TPSA) is 90.9 Å². The number of benzene rings is 2. The number of methoxy groups -OCH3 is 2.